The van der Waals surface area contributed by atoms with Crippen LogP contribution in [0, 0.1) is 4.64 Å². The first kappa shape index (κ1) is 7.64. The van der Waals surface area contributed by atoms with Gasteiger partial charge >= 0.3 is 0 Å². The molecule has 0 amide bonds. The molecule has 0 spiro atoms. The highest BCUT2D eigenvalue weighted by atomic mass is 32.1. The molecule has 60 valence electrons. The number of thiophene rings is 1. The van der Waals surface area contributed by atoms with Crippen molar-refractivity contribution in [3.8, 4) is 10.4 Å². The summed E-state index contributed by atoms with van der Waals surface area (Å²) in [7, 11) is 0. The fourth-order valence-electron chi connectivity index (χ4n) is 0.954. The number of nitrogens with one attached hydrogen (secondary N) is 1. The Kier molecular flexibility index (Phi) is 2.01. The molecule has 2 rings (SSSR count). The van der Waals surface area contributed by atoms with Crippen LogP contribution >= 0.6 is 23.6 Å². The van der Waals surface area contributed by atoms with Crippen molar-refractivity contribution in [3.05, 3.63) is 34.4 Å². The van der Waals surface area contributed by atoms with Crippen LogP contribution < -0.4 is 0 Å². The molecule has 12 heavy (non-hydrogen) atoms. The molecule has 0 aromatic carbocycles. The van der Waals surface area contributed by atoms with E-state index >= 15 is 0 Å². The number of aromatic nitrogens is 2. The number of hydrogen-bond acceptors (Lipinski definition) is 3. The van der Waals surface area contributed by atoms with Crippen LogP contribution in [0.3, 0.4) is 0 Å². The van der Waals surface area contributed by atoms with Crippen LogP contribution in [-0.2, 0) is 0 Å². The maximum atomic E-state index is 4.96. The molecule has 4 heteroatoms. The van der Waals surface area contributed by atoms with Gasteiger partial charge in [-0.3, -0.25) is 5.10 Å². The van der Waals surface area contributed by atoms with Gasteiger partial charge in [0.1, 0.15) is 4.64 Å². The highest BCUT2D eigenvalue weighted by molar-refractivity contribution is 7.71. The SMILES string of the molecule is S=c1cc(-c2cccs2)cn[nH]1. The first-order chi connectivity index (χ1) is 5.86. The number of aromatic amines is 1. The van der Waals surface area contributed by atoms with Gasteiger partial charge in [0.25, 0.3) is 0 Å². The fraction of sp³-hybridized carbons (Fsp3) is 0. The molecule has 0 radical (unpaired) electrons. The summed E-state index contributed by atoms with van der Waals surface area (Å²) in [6, 6.07) is 5.98. The predicted octanol–water partition coefficient (Wildman–Crippen LogP) is 2.87. The molecule has 0 saturated heterocycles. The summed E-state index contributed by atoms with van der Waals surface area (Å²) in [5.41, 5.74) is 1.08. The summed E-state index contributed by atoms with van der Waals surface area (Å²) in [5, 5.41) is 8.66. The Hall–Kier alpha value is -1.00. The Bertz CT molecular complexity index is 417. The van der Waals surface area contributed by atoms with Crippen molar-refractivity contribution in [1.82, 2.24) is 10.2 Å². The van der Waals surface area contributed by atoms with Crippen molar-refractivity contribution < 1.29 is 0 Å². The van der Waals surface area contributed by atoms with E-state index in [1.807, 2.05) is 17.5 Å². The smallest absolute Gasteiger partial charge is 0.120 e. The number of hydrogen-bond donors (Lipinski definition) is 1. The maximum absolute atomic E-state index is 4.96. The van der Waals surface area contributed by atoms with Gasteiger partial charge in [-0.1, -0.05) is 18.3 Å². The molecule has 0 atom stereocenters. The van der Waals surface area contributed by atoms with Crippen molar-refractivity contribution in [3.63, 3.8) is 0 Å². The monoisotopic (exact) mass is 194 g/mol. The van der Waals surface area contributed by atoms with E-state index in [1.165, 1.54) is 4.88 Å². The standard InChI is InChI=1S/C8H6N2S2/c11-8-4-6(5-9-10-8)7-2-1-3-12-7/h1-5H,(H,10,11). The molecular weight excluding hydrogens is 188 g/mol. The highest BCUT2D eigenvalue weighted by Gasteiger charge is 1.96. The summed E-state index contributed by atoms with van der Waals surface area (Å²) in [5.74, 6) is 0. The first-order valence-corrected chi connectivity index (χ1v) is 4.74. The minimum absolute atomic E-state index is 0.668. The second-order valence-corrected chi connectivity index (χ2v) is 3.70. The summed E-state index contributed by atoms with van der Waals surface area (Å²) in [4.78, 5) is 1.20. The first-order valence-electron chi connectivity index (χ1n) is 3.45. The third-order valence-electron chi connectivity index (χ3n) is 1.47. The van der Waals surface area contributed by atoms with Crippen LogP contribution in [0.15, 0.2) is 29.8 Å². The maximum Gasteiger partial charge on any atom is 0.120 e. The second-order valence-electron chi connectivity index (χ2n) is 2.31. The summed E-state index contributed by atoms with van der Waals surface area (Å²) >= 11 is 6.64. The molecule has 0 aliphatic rings. The van der Waals surface area contributed by atoms with Gasteiger partial charge in [0.2, 0.25) is 0 Å². The van der Waals surface area contributed by atoms with Crippen LogP contribution in [0.25, 0.3) is 10.4 Å². The number of nitrogens with zero attached hydrogens (tertiary/aromatic N) is 1. The van der Waals surface area contributed by atoms with Gasteiger partial charge in [-0.25, -0.2) is 0 Å². The van der Waals surface area contributed by atoms with E-state index in [0.717, 1.165) is 5.56 Å². The number of H-pyrrole nitrogens is 1. The largest absolute Gasteiger partial charge is 0.268 e. The Morgan fingerprint density at radius 3 is 3.08 bits per heavy atom. The van der Waals surface area contributed by atoms with E-state index in [4.69, 9.17) is 12.2 Å². The molecule has 0 fully saturated rings. The summed E-state index contributed by atoms with van der Waals surface area (Å²) < 4.78 is 0.668. The van der Waals surface area contributed by atoms with Gasteiger partial charge in [0.05, 0.1) is 6.20 Å². The van der Waals surface area contributed by atoms with Gasteiger partial charge in [0, 0.05) is 10.4 Å². The Labute approximate surface area is 78.9 Å². The lowest BCUT2D eigenvalue weighted by molar-refractivity contribution is 1.02. The second kappa shape index (κ2) is 3.16. The van der Waals surface area contributed by atoms with Crippen molar-refractivity contribution in [2.45, 2.75) is 0 Å². The molecule has 0 unspecified atom stereocenters. The third-order valence-corrected chi connectivity index (χ3v) is 2.60. The minimum atomic E-state index is 0.668. The van der Waals surface area contributed by atoms with Crippen LogP contribution in [0.2, 0.25) is 0 Å². The van der Waals surface area contributed by atoms with E-state index in [9.17, 15) is 0 Å². The van der Waals surface area contributed by atoms with Crippen LogP contribution in [0.5, 0.6) is 0 Å². The van der Waals surface area contributed by atoms with Gasteiger partial charge in [0.15, 0.2) is 0 Å². The molecule has 2 aromatic heterocycles. The van der Waals surface area contributed by atoms with Gasteiger partial charge in [-0.05, 0) is 17.5 Å². The van der Waals surface area contributed by atoms with Gasteiger partial charge < -0.3 is 0 Å². The van der Waals surface area contributed by atoms with E-state index in [0.29, 0.717) is 4.64 Å². The van der Waals surface area contributed by atoms with Crippen molar-refractivity contribution in [1.29, 1.82) is 0 Å². The lowest BCUT2D eigenvalue weighted by atomic mass is 10.3. The van der Waals surface area contributed by atoms with Crippen LogP contribution in [-0.4, -0.2) is 10.2 Å². The Balaban J connectivity index is 2.55. The zero-order valence-corrected chi connectivity index (χ0v) is 7.78. The van der Waals surface area contributed by atoms with E-state index in [-0.39, 0.29) is 0 Å². The molecule has 2 aromatic rings. The minimum Gasteiger partial charge on any atom is -0.268 e. The van der Waals surface area contributed by atoms with E-state index < -0.39 is 0 Å². The van der Waals surface area contributed by atoms with E-state index in [1.54, 1.807) is 17.5 Å². The van der Waals surface area contributed by atoms with Gasteiger partial charge in [-0.2, -0.15) is 5.10 Å². The quantitative estimate of drug-likeness (QED) is 0.707. The van der Waals surface area contributed by atoms with Gasteiger partial charge in [-0.15, -0.1) is 11.3 Å². The zero-order chi connectivity index (χ0) is 8.39. The average Bonchev–Trinajstić information content (AvgIpc) is 2.56. The molecule has 0 aliphatic heterocycles. The van der Waals surface area contributed by atoms with Crippen LogP contribution in [0.1, 0.15) is 0 Å². The summed E-state index contributed by atoms with van der Waals surface area (Å²) in [6.07, 6.45) is 1.78. The fourth-order valence-corrected chi connectivity index (χ4v) is 1.84. The van der Waals surface area contributed by atoms with Crippen LogP contribution in [0.4, 0.5) is 0 Å². The number of rotatable bonds is 1. The molecular formula is C8H6N2S2. The lowest BCUT2D eigenvalue weighted by Crippen LogP contribution is -1.81. The molecule has 0 bridgehead atoms. The highest BCUT2D eigenvalue weighted by Crippen LogP contribution is 2.22. The molecule has 1 N–H and O–H groups in total. The predicted molar refractivity (Wildman–Crippen MR) is 52.7 cm³/mol. The van der Waals surface area contributed by atoms with Crippen molar-refractivity contribution >= 4 is 23.6 Å². The normalized spacial score (nSPS) is 10.0. The zero-order valence-electron chi connectivity index (χ0n) is 6.15. The molecule has 2 nitrogen and oxygen atoms in total. The van der Waals surface area contributed by atoms with Crippen molar-refractivity contribution in [2.24, 2.45) is 0 Å². The average molecular weight is 194 g/mol. The molecule has 0 aliphatic carbocycles. The lowest BCUT2D eigenvalue weighted by Gasteiger charge is -1.93. The Morgan fingerprint density at radius 2 is 2.42 bits per heavy atom. The molecule has 2 heterocycles. The van der Waals surface area contributed by atoms with Crippen molar-refractivity contribution in [2.75, 3.05) is 0 Å². The summed E-state index contributed by atoms with van der Waals surface area (Å²) in [6.45, 7) is 0. The topological polar surface area (TPSA) is 28.7 Å². The third kappa shape index (κ3) is 1.44. The molecule has 0 saturated carbocycles. The Morgan fingerprint density at radius 1 is 1.50 bits per heavy atom. The van der Waals surface area contributed by atoms with E-state index in [2.05, 4.69) is 16.3 Å².